The number of rotatable bonds is 5. The molecule has 0 spiro atoms. The molecule has 0 aliphatic rings. The van der Waals surface area contributed by atoms with Crippen molar-refractivity contribution in [2.75, 3.05) is 7.11 Å². The van der Waals surface area contributed by atoms with Crippen LogP contribution < -0.4 is 4.74 Å². The molecule has 2 rings (SSSR count). The Morgan fingerprint density at radius 1 is 1.00 bits per heavy atom. The Kier molecular flexibility index (Phi) is 4.53. The monoisotopic (exact) mass is 288 g/mol. The summed E-state index contributed by atoms with van der Waals surface area (Å²) in [5.74, 6) is 0.0311. The normalized spacial score (nSPS) is 10.1. The zero-order valence-electron chi connectivity index (χ0n) is 10.9. The Labute approximate surface area is 122 Å². The number of hydrogen-bond donors (Lipinski definition) is 0. The largest absolute Gasteiger partial charge is 0.495 e. The summed E-state index contributed by atoms with van der Waals surface area (Å²) in [6.07, 6.45) is -0.174. The molecule has 0 aromatic heterocycles. The standard InChI is InChI=1S/C16H13ClO3/c1-20-16-8-7-12(9-13(16)17)15(19)10-14(18)11-5-3-2-4-6-11/h2-9H,10H2,1H3. The van der Waals surface area contributed by atoms with E-state index in [1.165, 1.54) is 13.2 Å². The van der Waals surface area contributed by atoms with Gasteiger partial charge in [0, 0.05) is 11.1 Å². The van der Waals surface area contributed by atoms with Gasteiger partial charge < -0.3 is 4.74 Å². The fourth-order valence-corrected chi connectivity index (χ4v) is 2.07. The molecule has 0 radical (unpaired) electrons. The first-order valence-electron chi connectivity index (χ1n) is 6.07. The lowest BCUT2D eigenvalue weighted by Gasteiger charge is -2.05. The average molecular weight is 289 g/mol. The number of carbonyl (C=O) groups excluding carboxylic acids is 2. The minimum absolute atomic E-state index is 0.174. The Hall–Kier alpha value is -2.13. The Morgan fingerprint density at radius 3 is 2.25 bits per heavy atom. The van der Waals surface area contributed by atoms with Crippen LogP contribution >= 0.6 is 11.6 Å². The number of methoxy groups -OCH3 is 1. The van der Waals surface area contributed by atoms with E-state index in [0.717, 1.165) is 0 Å². The Balaban J connectivity index is 2.13. The minimum atomic E-state index is -0.261. The molecule has 0 saturated carbocycles. The second-order valence-electron chi connectivity index (χ2n) is 4.24. The highest BCUT2D eigenvalue weighted by atomic mass is 35.5. The molecule has 3 nitrogen and oxygen atoms in total. The first kappa shape index (κ1) is 14.3. The van der Waals surface area contributed by atoms with Gasteiger partial charge in [0.1, 0.15) is 5.75 Å². The molecule has 0 bridgehead atoms. The van der Waals surface area contributed by atoms with Crippen LogP contribution in [0.2, 0.25) is 5.02 Å². The lowest BCUT2D eigenvalue weighted by atomic mass is 10.0. The van der Waals surface area contributed by atoms with E-state index in [9.17, 15) is 9.59 Å². The van der Waals surface area contributed by atoms with E-state index in [0.29, 0.717) is 21.9 Å². The number of hydrogen-bond acceptors (Lipinski definition) is 3. The van der Waals surface area contributed by atoms with E-state index in [-0.39, 0.29) is 18.0 Å². The highest BCUT2D eigenvalue weighted by molar-refractivity contribution is 6.32. The summed E-state index contributed by atoms with van der Waals surface area (Å²) < 4.78 is 5.02. The fourth-order valence-electron chi connectivity index (χ4n) is 1.81. The molecule has 0 saturated heterocycles. The van der Waals surface area contributed by atoms with Crippen molar-refractivity contribution in [3.63, 3.8) is 0 Å². The van der Waals surface area contributed by atoms with Gasteiger partial charge in [-0.15, -0.1) is 0 Å². The van der Waals surface area contributed by atoms with Gasteiger partial charge in [0.25, 0.3) is 0 Å². The van der Waals surface area contributed by atoms with Crippen LogP contribution in [0.4, 0.5) is 0 Å². The molecule has 20 heavy (non-hydrogen) atoms. The van der Waals surface area contributed by atoms with Crippen molar-refractivity contribution in [3.8, 4) is 5.75 Å². The molecule has 0 heterocycles. The molecule has 0 aliphatic heterocycles. The van der Waals surface area contributed by atoms with E-state index in [1.54, 1.807) is 36.4 Å². The average Bonchev–Trinajstić information content (AvgIpc) is 2.48. The number of benzene rings is 2. The second-order valence-corrected chi connectivity index (χ2v) is 4.65. The number of Topliss-reactive ketones (excluding diaryl/α,β-unsaturated/α-hetero) is 2. The van der Waals surface area contributed by atoms with E-state index >= 15 is 0 Å². The van der Waals surface area contributed by atoms with Gasteiger partial charge >= 0.3 is 0 Å². The van der Waals surface area contributed by atoms with Crippen molar-refractivity contribution < 1.29 is 14.3 Å². The topological polar surface area (TPSA) is 43.4 Å². The third kappa shape index (κ3) is 3.25. The van der Waals surface area contributed by atoms with Gasteiger partial charge in [0.2, 0.25) is 0 Å². The first-order valence-corrected chi connectivity index (χ1v) is 6.44. The van der Waals surface area contributed by atoms with Gasteiger partial charge in [-0.2, -0.15) is 0 Å². The third-order valence-electron chi connectivity index (χ3n) is 2.89. The molecule has 0 aliphatic carbocycles. The van der Waals surface area contributed by atoms with Crippen LogP contribution in [0.1, 0.15) is 27.1 Å². The maximum atomic E-state index is 12.1. The van der Waals surface area contributed by atoms with Crippen molar-refractivity contribution in [3.05, 3.63) is 64.7 Å². The summed E-state index contributed by atoms with van der Waals surface area (Å²) in [4.78, 5) is 24.0. The molecule has 0 fully saturated rings. The smallest absolute Gasteiger partial charge is 0.170 e. The van der Waals surface area contributed by atoms with E-state index in [4.69, 9.17) is 16.3 Å². The van der Waals surface area contributed by atoms with Crippen LogP contribution in [0.3, 0.4) is 0 Å². The number of ketones is 2. The second kappa shape index (κ2) is 6.35. The van der Waals surface area contributed by atoms with Crippen LogP contribution in [-0.2, 0) is 0 Å². The summed E-state index contributed by atoms with van der Waals surface area (Å²) in [7, 11) is 1.50. The predicted molar refractivity (Wildman–Crippen MR) is 77.7 cm³/mol. The summed E-state index contributed by atoms with van der Waals surface area (Å²) in [6, 6.07) is 13.5. The van der Waals surface area contributed by atoms with Crippen LogP contribution in [-0.4, -0.2) is 18.7 Å². The molecule has 4 heteroatoms. The Bertz CT molecular complexity index is 635. The lowest BCUT2D eigenvalue weighted by Crippen LogP contribution is -2.08. The SMILES string of the molecule is COc1ccc(C(=O)CC(=O)c2ccccc2)cc1Cl. The highest BCUT2D eigenvalue weighted by Crippen LogP contribution is 2.25. The van der Waals surface area contributed by atoms with Crippen LogP contribution in [0.15, 0.2) is 48.5 Å². The van der Waals surface area contributed by atoms with Crippen molar-refractivity contribution in [2.45, 2.75) is 6.42 Å². The Morgan fingerprint density at radius 2 is 1.65 bits per heavy atom. The van der Waals surface area contributed by atoms with Gasteiger partial charge in [-0.25, -0.2) is 0 Å². The zero-order chi connectivity index (χ0) is 14.5. The molecular formula is C16H13ClO3. The van der Waals surface area contributed by atoms with E-state index in [1.807, 2.05) is 6.07 Å². The van der Waals surface area contributed by atoms with Gasteiger partial charge in [-0.1, -0.05) is 41.9 Å². The fraction of sp³-hybridized carbons (Fsp3) is 0.125. The summed E-state index contributed by atoms with van der Waals surface area (Å²) in [5.41, 5.74) is 0.931. The van der Waals surface area contributed by atoms with E-state index < -0.39 is 0 Å². The predicted octanol–water partition coefficient (Wildman–Crippen LogP) is 3.80. The van der Waals surface area contributed by atoms with Gasteiger partial charge in [-0.3, -0.25) is 9.59 Å². The van der Waals surface area contributed by atoms with Crippen molar-refractivity contribution in [1.82, 2.24) is 0 Å². The first-order chi connectivity index (χ1) is 9.61. The van der Waals surface area contributed by atoms with Gasteiger partial charge in [0.15, 0.2) is 11.6 Å². The van der Waals surface area contributed by atoms with Gasteiger partial charge in [-0.05, 0) is 18.2 Å². The molecule has 0 N–H and O–H groups in total. The quantitative estimate of drug-likeness (QED) is 0.621. The highest BCUT2D eigenvalue weighted by Gasteiger charge is 2.14. The maximum absolute atomic E-state index is 12.1. The van der Waals surface area contributed by atoms with Crippen molar-refractivity contribution in [1.29, 1.82) is 0 Å². The van der Waals surface area contributed by atoms with Crippen LogP contribution in [0.5, 0.6) is 5.75 Å². The molecular weight excluding hydrogens is 276 g/mol. The molecule has 0 unspecified atom stereocenters. The number of halogens is 1. The van der Waals surface area contributed by atoms with Crippen molar-refractivity contribution >= 4 is 23.2 Å². The van der Waals surface area contributed by atoms with Crippen LogP contribution in [0, 0.1) is 0 Å². The molecule has 102 valence electrons. The van der Waals surface area contributed by atoms with Crippen molar-refractivity contribution in [2.24, 2.45) is 0 Å². The third-order valence-corrected chi connectivity index (χ3v) is 3.19. The lowest BCUT2D eigenvalue weighted by molar-refractivity contribution is 0.0894. The summed E-state index contributed by atoms with van der Waals surface area (Å²) in [6.45, 7) is 0. The van der Waals surface area contributed by atoms with Gasteiger partial charge in [0.05, 0.1) is 18.6 Å². The molecule has 0 atom stereocenters. The number of ether oxygens (including phenoxy) is 1. The molecule has 0 amide bonds. The molecule has 2 aromatic rings. The number of carbonyl (C=O) groups is 2. The summed E-state index contributed by atoms with van der Waals surface area (Å²) in [5, 5.41) is 0.352. The summed E-state index contributed by atoms with van der Waals surface area (Å²) >= 11 is 5.97. The maximum Gasteiger partial charge on any atom is 0.170 e. The minimum Gasteiger partial charge on any atom is -0.495 e. The molecule has 2 aromatic carbocycles. The van der Waals surface area contributed by atoms with Crippen LogP contribution in [0.25, 0.3) is 0 Å². The van der Waals surface area contributed by atoms with E-state index in [2.05, 4.69) is 0 Å². The zero-order valence-corrected chi connectivity index (χ0v) is 11.7.